The van der Waals surface area contributed by atoms with Crippen LogP contribution in [0.3, 0.4) is 0 Å². The van der Waals surface area contributed by atoms with E-state index in [2.05, 4.69) is 10.5 Å². The Morgan fingerprint density at radius 3 is 2.51 bits per heavy atom. The van der Waals surface area contributed by atoms with Crippen molar-refractivity contribution in [3.05, 3.63) is 86.6 Å². The van der Waals surface area contributed by atoms with Crippen LogP contribution in [0.2, 0.25) is 15.1 Å². The van der Waals surface area contributed by atoms with E-state index in [1.807, 2.05) is 19.9 Å². The second-order valence-electron chi connectivity index (χ2n) is 7.73. The van der Waals surface area contributed by atoms with Crippen LogP contribution >= 0.6 is 34.8 Å². The third-order valence-corrected chi connectivity index (χ3v) is 5.99. The molecule has 0 bridgehead atoms. The van der Waals surface area contributed by atoms with E-state index in [9.17, 15) is 4.79 Å². The quantitative estimate of drug-likeness (QED) is 0.160. The molecule has 0 aliphatic carbocycles. The van der Waals surface area contributed by atoms with Gasteiger partial charge < -0.3 is 18.6 Å². The number of benzene rings is 3. The Labute approximate surface area is 228 Å². The number of hydrogen-bond acceptors (Lipinski definition) is 6. The molecule has 0 saturated heterocycles. The van der Waals surface area contributed by atoms with Crippen molar-refractivity contribution in [2.45, 2.75) is 20.5 Å². The molecule has 0 spiro atoms. The van der Waals surface area contributed by atoms with Crippen molar-refractivity contribution in [2.24, 2.45) is 5.10 Å². The summed E-state index contributed by atoms with van der Waals surface area (Å²) in [6.07, 6.45) is 1.45. The molecule has 7 nitrogen and oxygen atoms in total. The number of furan rings is 1. The largest absolute Gasteiger partial charge is 0.494 e. The number of hydrogen-bond donors (Lipinski definition) is 1. The summed E-state index contributed by atoms with van der Waals surface area (Å²) in [6.45, 7) is 4.86. The van der Waals surface area contributed by atoms with Gasteiger partial charge in [-0.3, -0.25) is 4.79 Å². The van der Waals surface area contributed by atoms with Gasteiger partial charge >= 0.3 is 5.91 Å². The van der Waals surface area contributed by atoms with Gasteiger partial charge in [-0.25, -0.2) is 5.43 Å². The maximum atomic E-state index is 12.5. The first-order chi connectivity index (χ1) is 17.9. The lowest BCUT2D eigenvalue weighted by Crippen LogP contribution is -2.16. The van der Waals surface area contributed by atoms with Crippen molar-refractivity contribution in [2.75, 3.05) is 13.2 Å². The molecule has 0 aliphatic heterocycles. The van der Waals surface area contributed by atoms with Gasteiger partial charge in [-0.15, -0.1) is 0 Å². The van der Waals surface area contributed by atoms with Crippen LogP contribution < -0.4 is 19.6 Å². The van der Waals surface area contributed by atoms with E-state index in [4.69, 9.17) is 53.4 Å². The maximum Gasteiger partial charge on any atom is 0.307 e. The summed E-state index contributed by atoms with van der Waals surface area (Å²) < 4.78 is 22.7. The number of fused-ring (bicyclic) bond motifs is 1. The highest BCUT2D eigenvalue weighted by Crippen LogP contribution is 2.37. The number of nitrogens with zero attached hydrogens (tertiary/aromatic N) is 1. The molecule has 37 heavy (non-hydrogen) atoms. The molecule has 1 amide bonds. The lowest BCUT2D eigenvalue weighted by Gasteiger charge is -2.15. The van der Waals surface area contributed by atoms with E-state index >= 15 is 0 Å². The molecule has 0 unspecified atom stereocenters. The number of carbonyl (C=O) groups excluding carboxylic acids is 1. The van der Waals surface area contributed by atoms with Crippen LogP contribution in [0.25, 0.3) is 11.0 Å². The molecule has 1 heterocycles. The number of nitrogens with one attached hydrogen (secondary N) is 1. The monoisotopic (exact) mass is 560 g/mol. The lowest BCUT2D eigenvalue weighted by atomic mass is 10.2. The first kappa shape index (κ1) is 26.7. The Kier molecular flexibility index (Phi) is 8.82. The molecule has 4 aromatic rings. The Balaban J connectivity index is 1.46. The van der Waals surface area contributed by atoms with Gasteiger partial charge in [0.15, 0.2) is 17.3 Å². The minimum Gasteiger partial charge on any atom is -0.494 e. The third-order valence-electron chi connectivity index (χ3n) is 5.12. The smallest absolute Gasteiger partial charge is 0.307 e. The van der Waals surface area contributed by atoms with E-state index in [0.717, 1.165) is 10.9 Å². The maximum absolute atomic E-state index is 12.5. The van der Waals surface area contributed by atoms with Crippen molar-refractivity contribution >= 4 is 57.9 Å². The van der Waals surface area contributed by atoms with E-state index in [-0.39, 0.29) is 12.4 Å². The fraction of sp³-hybridized carbons (Fsp3) is 0.185. The minimum absolute atomic E-state index is 0.124. The molecule has 1 N–H and O–H groups in total. The lowest BCUT2D eigenvalue weighted by molar-refractivity contribution is 0.0929. The average molecular weight is 562 g/mol. The third kappa shape index (κ3) is 6.68. The molecular weight excluding hydrogens is 539 g/mol. The van der Waals surface area contributed by atoms with E-state index < -0.39 is 5.91 Å². The molecule has 0 atom stereocenters. The molecular formula is C27H23Cl3N2O5. The number of carbonyl (C=O) groups is 1. The Hall–Kier alpha value is -3.39. The van der Waals surface area contributed by atoms with Crippen molar-refractivity contribution in [1.82, 2.24) is 5.43 Å². The Morgan fingerprint density at radius 1 is 0.946 bits per heavy atom. The van der Waals surface area contributed by atoms with Gasteiger partial charge in [0.2, 0.25) is 0 Å². The van der Waals surface area contributed by atoms with Crippen LogP contribution in [-0.2, 0) is 6.61 Å². The predicted molar refractivity (Wildman–Crippen MR) is 146 cm³/mol. The normalized spacial score (nSPS) is 11.2. The molecule has 192 valence electrons. The van der Waals surface area contributed by atoms with Crippen LogP contribution in [0.15, 0.2) is 64.1 Å². The van der Waals surface area contributed by atoms with Crippen LogP contribution in [0, 0.1) is 0 Å². The molecule has 0 radical (unpaired) electrons. The van der Waals surface area contributed by atoms with E-state index in [0.29, 0.717) is 56.7 Å². The zero-order valence-electron chi connectivity index (χ0n) is 20.0. The molecule has 4 rings (SSSR count). The highest BCUT2D eigenvalue weighted by Gasteiger charge is 2.15. The van der Waals surface area contributed by atoms with Gasteiger partial charge in [0.05, 0.1) is 24.5 Å². The first-order valence-electron chi connectivity index (χ1n) is 11.4. The van der Waals surface area contributed by atoms with Crippen LogP contribution in [0.1, 0.15) is 35.5 Å². The number of rotatable bonds is 10. The second kappa shape index (κ2) is 12.2. The SMILES string of the molecule is CCOc1ccc2oc(C(=O)N/N=C\c3cc(Cl)c(OCc4ccc(Cl)cc4Cl)c(OCC)c3)cc2c1. The Bertz CT molecular complexity index is 1450. The number of ether oxygens (including phenoxy) is 3. The number of amides is 1. The van der Waals surface area contributed by atoms with Crippen molar-refractivity contribution in [3.8, 4) is 17.2 Å². The summed E-state index contributed by atoms with van der Waals surface area (Å²) in [5.74, 6) is 1.12. The summed E-state index contributed by atoms with van der Waals surface area (Å²) in [4.78, 5) is 12.5. The number of hydrazone groups is 1. The summed E-state index contributed by atoms with van der Waals surface area (Å²) in [5, 5.41) is 6.11. The van der Waals surface area contributed by atoms with Crippen molar-refractivity contribution < 1.29 is 23.4 Å². The van der Waals surface area contributed by atoms with Crippen molar-refractivity contribution in [3.63, 3.8) is 0 Å². The van der Waals surface area contributed by atoms with E-state index in [1.165, 1.54) is 6.21 Å². The Morgan fingerprint density at radius 2 is 1.76 bits per heavy atom. The van der Waals surface area contributed by atoms with Gasteiger partial charge in [0.1, 0.15) is 17.9 Å². The highest BCUT2D eigenvalue weighted by molar-refractivity contribution is 6.35. The molecule has 1 aromatic heterocycles. The summed E-state index contributed by atoms with van der Waals surface area (Å²) >= 11 is 18.7. The summed E-state index contributed by atoms with van der Waals surface area (Å²) in [7, 11) is 0. The summed E-state index contributed by atoms with van der Waals surface area (Å²) in [6, 6.07) is 15.5. The van der Waals surface area contributed by atoms with Gasteiger partial charge in [-0.2, -0.15) is 5.10 Å². The van der Waals surface area contributed by atoms with Gasteiger partial charge in [-0.1, -0.05) is 40.9 Å². The molecule has 3 aromatic carbocycles. The molecule has 0 saturated carbocycles. The van der Waals surface area contributed by atoms with Crippen LogP contribution in [0.5, 0.6) is 17.2 Å². The van der Waals surface area contributed by atoms with E-state index in [1.54, 1.807) is 48.5 Å². The number of halogens is 3. The molecule has 10 heteroatoms. The topological polar surface area (TPSA) is 82.3 Å². The fourth-order valence-electron chi connectivity index (χ4n) is 3.46. The summed E-state index contributed by atoms with van der Waals surface area (Å²) in [5.41, 5.74) is 4.37. The van der Waals surface area contributed by atoms with Crippen LogP contribution in [-0.4, -0.2) is 25.3 Å². The predicted octanol–water partition coefficient (Wildman–Crippen LogP) is 7.53. The first-order valence-corrected chi connectivity index (χ1v) is 12.5. The minimum atomic E-state index is -0.499. The standard InChI is InChI=1S/C27H23Cl3N2O5/c1-3-34-20-7-8-23-18(11-20)12-25(37-23)27(33)32-31-14-16-9-22(30)26(24(10-16)35-4-2)36-15-17-5-6-19(28)13-21(17)29/h5-14H,3-4,15H2,1-2H3,(H,32,33)/b31-14-. The second-order valence-corrected chi connectivity index (χ2v) is 8.98. The highest BCUT2D eigenvalue weighted by atomic mass is 35.5. The van der Waals surface area contributed by atoms with Gasteiger partial charge in [-0.05, 0) is 67.9 Å². The van der Waals surface area contributed by atoms with Gasteiger partial charge in [0.25, 0.3) is 0 Å². The molecule has 0 aliphatic rings. The zero-order chi connectivity index (χ0) is 26.4. The average Bonchev–Trinajstić information content (AvgIpc) is 3.29. The van der Waals surface area contributed by atoms with Gasteiger partial charge in [0, 0.05) is 21.0 Å². The van der Waals surface area contributed by atoms with Crippen LogP contribution in [0.4, 0.5) is 0 Å². The fourth-order valence-corrected chi connectivity index (χ4v) is 4.20. The van der Waals surface area contributed by atoms with Crippen molar-refractivity contribution in [1.29, 1.82) is 0 Å². The zero-order valence-corrected chi connectivity index (χ0v) is 22.3. The molecule has 0 fully saturated rings.